The molecule has 1 amide bonds. The highest BCUT2D eigenvalue weighted by molar-refractivity contribution is 6.09. The number of ketones is 1. The molecule has 1 aromatic heterocycles. The molecular weight excluding hydrogens is 322 g/mol. The number of carbonyl (C=O) groups is 2. The Hall–Kier alpha value is -2.96. The summed E-state index contributed by atoms with van der Waals surface area (Å²) < 4.78 is 0.944. The van der Waals surface area contributed by atoms with Crippen molar-refractivity contribution in [3.63, 3.8) is 0 Å². The van der Waals surface area contributed by atoms with Crippen molar-refractivity contribution in [1.29, 1.82) is 0 Å². The van der Waals surface area contributed by atoms with Crippen LogP contribution >= 0.6 is 0 Å². The van der Waals surface area contributed by atoms with Crippen LogP contribution in [0.4, 0.5) is 0 Å². The fraction of sp³-hybridized carbons (Fsp3) is 0.333. The Morgan fingerprint density at radius 2 is 1.68 bits per heavy atom. The van der Waals surface area contributed by atoms with Crippen molar-refractivity contribution in [2.75, 3.05) is 0 Å². The van der Waals surface area contributed by atoms with E-state index < -0.39 is 29.5 Å². The number of aromatic amines is 1. The summed E-state index contributed by atoms with van der Waals surface area (Å²) in [4.78, 5) is 51.1. The van der Waals surface area contributed by atoms with E-state index >= 15 is 0 Å². The summed E-state index contributed by atoms with van der Waals surface area (Å²) >= 11 is 0. The summed E-state index contributed by atoms with van der Waals surface area (Å²) in [5.74, 6) is -1.59. The van der Waals surface area contributed by atoms with Crippen molar-refractivity contribution >= 4 is 11.7 Å². The largest absolute Gasteiger partial charge is 0.368 e. The van der Waals surface area contributed by atoms with Gasteiger partial charge in [-0.1, -0.05) is 31.0 Å². The molecule has 25 heavy (non-hydrogen) atoms. The fourth-order valence-corrected chi connectivity index (χ4v) is 2.92. The van der Waals surface area contributed by atoms with Gasteiger partial charge in [0.15, 0.2) is 0 Å². The molecule has 0 aliphatic carbocycles. The third-order valence-corrected chi connectivity index (χ3v) is 3.83. The van der Waals surface area contributed by atoms with E-state index in [4.69, 9.17) is 5.73 Å². The summed E-state index contributed by atoms with van der Waals surface area (Å²) in [6.45, 7) is 6.69. The molecule has 1 heterocycles. The van der Waals surface area contributed by atoms with E-state index in [1.165, 1.54) is 0 Å². The molecular formula is C18H21N3O4. The average Bonchev–Trinajstić information content (AvgIpc) is 2.47. The molecule has 0 aliphatic heterocycles. The first kappa shape index (κ1) is 18.4. The number of aromatic nitrogens is 2. The predicted octanol–water partition coefficient (Wildman–Crippen LogP) is 0.993. The topological polar surface area (TPSA) is 115 Å². The van der Waals surface area contributed by atoms with E-state index in [0.717, 1.165) is 15.7 Å². The molecule has 0 saturated carbocycles. The van der Waals surface area contributed by atoms with Crippen LogP contribution in [0.1, 0.15) is 52.5 Å². The minimum atomic E-state index is -0.832. The number of hydrogen-bond donors (Lipinski definition) is 2. The molecule has 0 aliphatic rings. The molecule has 7 heteroatoms. The number of nitrogens with zero attached hydrogens (tertiary/aromatic N) is 1. The van der Waals surface area contributed by atoms with Gasteiger partial charge in [-0.25, -0.2) is 4.79 Å². The Kier molecular flexibility index (Phi) is 5.06. The van der Waals surface area contributed by atoms with Crippen molar-refractivity contribution < 1.29 is 9.59 Å². The third-order valence-electron chi connectivity index (χ3n) is 3.83. The first-order valence-corrected chi connectivity index (χ1v) is 7.90. The van der Waals surface area contributed by atoms with Crippen LogP contribution in [-0.4, -0.2) is 21.2 Å². The van der Waals surface area contributed by atoms with Crippen LogP contribution < -0.4 is 17.0 Å². The zero-order valence-electron chi connectivity index (χ0n) is 14.7. The molecule has 2 rings (SSSR count). The molecule has 2 aromatic rings. The van der Waals surface area contributed by atoms with Crippen LogP contribution in [0.5, 0.6) is 0 Å². The lowest BCUT2D eigenvalue weighted by atomic mass is 9.95. The molecule has 132 valence electrons. The second-order valence-electron chi connectivity index (χ2n) is 6.43. The standard InChI is InChI=1S/C18H21N3O4/c1-9(2)14-15(16(23)12-6-10(3)5-11(4)7-12)21(8-13(19)22)18(25)20-17(14)24/h5-7,9H,8H2,1-4H3,(H2,19,22)(H,20,24,25). The number of rotatable bonds is 5. The van der Waals surface area contributed by atoms with Crippen LogP contribution in [0.3, 0.4) is 0 Å². The van der Waals surface area contributed by atoms with Crippen LogP contribution in [0.15, 0.2) is 27.8 Å². The molecule has 0 saturated heterocycles. The van der Waals surface area contributed by atoms with Crippen molar-refractivity contribution in [3.05, 3.63) is 67.0 Å². The lowest BCUT2D eigenvalue weighted by Gasteiger charge is -2.16. The maximum absolute atomic E-state index is 13.1. The molecule has 1 aromatic carbocycles. The maximum atomic E-state index is 13.1. The number of primary amides is 1. The van der Waals surface area contributed by atoms with Gasteiger partial charge in [0, 0.05) is 11.1 Å². The van der Waals surface area contributed by atoms with Crippen LogP contribution in [0.25, 0.3) is 0 Å². The Morgan fingerprint density at radius 3 is 2.16 bits per heavy atom. The summed E-state index contributed by atoms with van der Waals surface area (Å²) in [7, 11) is 0. The monoisotopic (exact) mass is 343 g/mol. The number of benzene rings is 1. The molecule has 7 nitrogen and oxygen atoms in total. The normalized spacial score (nSPS) is 10.9. The van der Waals surface area contributed by atoms with Crippen molar-refractivity contribution in [2.45, 2.75) is 40.2 Å². The van der Waals surface area contributed by atoms with E-state index in [1.54, 1.807) is 26.0 Å². The smallest absolute Gasteiger partial charge is 0.329 e. The molecule has 0 unspecified atom stereocenters. The Bertz CT molecular complexity index is 947. The molecule has 0 bridgehead atoms. The lowest BCUT2D eigenvalue weighted by Crippen LogP contribution is -2.40. The van der Waals surface area contributed by atoms with Crippen molar-refractivity contribution in [1.82, 2.24) is 9.55 Å². The minimum Gasteiger partial charge on any atom is -0.368 e. The number of amides is 1. The van der Waals surface area contributed by atoms with Gasteiger partial charge in [0.05, 0.1) is 0 Å². The summed E-state index contributed by atoms with van der Waals surface area (Å²) in [5, 5.41) is 0. The van der Waals surface area contributed by atoms with E-state index in [-0.39, 0.29) is 17.2 Å². The summed E-state index contributed by atoms with van der Waals surface area (Å²) in [6, 6.07) is 5.27. The highest BCUT2D eigenvalue weighted by Crippen LogP contribution is 2.19. The van der Waals surface area contributed by atoms with Gasteiger partial charge in [-0.3, -0.25) is 23.9 Å². The maximum Gasteiger partial charge on any atom is 0.329 e. The van der Waals surface area contributed by atoms with E-state index in [1.807, 2.05) is 19.9 Å². The second-order valence-corrected chi connectivity index (χ2v) is 6.43. The average molecular weight is 343 g/mol. The van der Waals surface area contributed by atoms with Crippen LogP contribution in [-0.2, 0) is 11.3 Å². The van der Waals surface area contributed by atoms with Crippen LogP contribution in [0, 0.1) is 13.8 Å². The number of hydrogen-bond acceptors (Lipinski definition) is 4. The molecule has 0 fully saturated rings. The van der Waals surface area contributed by atoms with Gasteiger partial charge in [0.25, 0.3) is 5.56 Å². The van der Waals surface area contributed by atoms with Crippen LogP contribution in [0.2, 0.25) is 0 Å². The first-order valence-electron chi connectivity index (χ1n) is 7.90. The zero-order valence-corrected chi connectivity index (χ0v) is 14.7. The number of aryl methyl sites for hydroxylation is 2. The van der Waals surface area contributed by atoms with Gasteiger partial charge in [-0.05, 0) is 31.9 Å². The number of nitrogens with one attached hydrogen (secondary N) is 1. The summed E-state index contributed by atoms with van der Waals surface area (Å²) in [6.07, 6.45) is 0. The molecule has 3 N–H and O–H groups in total. The highest BCUT2D eigenvalue weighted by atomic mass is 16.2. The second kappa shape index (κ2) is 6.88. The van der Waals surface area contributed by atoms with E-state index in [9.17, 15) is 19.2 Å². The quantitative estimate of drug-likeness (QED) is 0.788. The Balaban J connectivity index is 2.84. The Labute approximate surface area is 144 Å². The van der Waals surface area contributed by atoms with Gasteiger partial charge in [-0.15, -0.1) is 0 Å². The fourth-order valence-electron chi connectivity index (χ4n) is 2.92. The zero-order chi connectivity index (χ0) is 18.9. The minimum absolute atomic E-state index is 0.0902. The predicted molar refractivity (Wildman–Crippen MR) is 94.0 cm³/mol. The summed E-state index contributed by atoms with van der Waals surface area (Å²) in [5.41, 5.74) is 5.92. The molecule has 0 spiro atoms. The number of H-pyrrole nitrogens is 1. The van der Waals surface area contributed by atoms with E-state index in [0.29, 0.717) is 5.56 Å². The molecule has 0 radical (unpaired) electrons. The van der Waals surface area contributed by atoms with Crippen molar-refractivity contribution in [3.8, 4) is 0 Å². The van der Waals surface area contributed by atoms with E-state index in [2.05, 4.69) is 4.98 Å². The molecule has 0 atom stereocenters. The lowest BCUT2D eigenvalue weighted by molar-refractivity contribution is -0.118. The van der Waals surface area contributed by atoms with Gasteiger partial charge >= 0.3 is 5.69 Å². The Morgan fingerprint density at radius 1 is 1.12 bits per heavy atom. The van der Waals surface area contributed by atoms with Gasteiger partial charge < -0.3 is 5.73 Å². The number of nitrogens with two attached hydrogens (primary N) is 1. The van der Waals surface area contributed by atoms with Crippen molar-refractivity contribution in [2.24, 2.45) is 5.73 Å². The SMILES string of the molecule is Cc1cc(C)cc(C(=O)c2c(C(C)C)c(=O)[nH]c(=O)n2CC(N)=O)c1. The first-order chi connectivity index (χ1) is 11.6. The van der Waals surface area contributed by atoms with Gasteiger partial charge in [0.1, 0.15) is 12.2 Å². The third kappa shape index (κ3) is 3.76. The number of carbonyl (C=O) groups excluding carboxylic acids is 2. The van der Waals surface area contributed by atoms with Gasteiger partial charge in [-0.2, -0.15) is 0 Å². The van der Waals surface area contributed by atoms with Gasteiger partial charge in [0.2, 0.25) is 11.7 Å². The highest BCUT2D eigenvalue weighted by Gasteiger charge is 2.25.